The number of piperidine rings is 1. The lowest BCUT2D eigenvalue weighted by Crippen LogP contribution is -2.40. The maximum atomic E-state index is 5.64. The summed E-state index contributed by atoms with van der Waals surface area (Å²) in [5.41, 5.74) is 5.63. The minimum absolute atomic E-state index is 0.307. The Bertz CT molecular complexity index is 343. The van der Waals surface area contributed by atoms with Crippen LogP contribution in [0.3, 0.4) is 0 Å². The average molecular weight is 222 g/mol. The maximum Gasteiger partial charge on any atom is 0.149 e. The van der Waals surface area contributed by atoms with Crippen molar-refractivity contribution in [1.29, 1.82) is 0 Å². The zero-order valence-electron chi connectivity index (χ0n) is 9.59. The highest BCUT2D eigenvalue weighted by atomic mass is 16.5. The van der Waals surface area contributed by atoms with E-state index in [9.17, 15) is 0 Å². The molecule has 0 amide bonds. The molecule has 2 rings (SSSR count). The summed E-state index contributed by atoms with van der Waals surface area (Å²) in [4.78, 5) is 10.5. The first-order valence-corrected chi connectivity index (χ1v) is 5.73. The number of anilines is 2. The fourth-order valence-corrected chi connectivity index (χ4v) is 2.04. The number of ether oxygens (including phenoxy) is 1. The highest BCUT2D eigenvalue weighted by molar-refractivity contribution is 5.41. The smallest absolute Gasteiger partial charge is 0.149 e. The molecule has 1 aliphatic rings. The number of hydrogen-bond acceptors (Lipinski definition) is 5. The molecular weight excluding hydrogens is 204 g/mol. The van der Waals surface area contributed by atoms with Gasteiger partial charge in [0.1, 0.15) is 11.6 Å². The predicted octanol–water partition coefficient (Wildman–Crippen LogP) is 1.06. The molecule has 5 heteroatoms. The van der Waals surface area contributed by atoms with Crippen LogP contribution in [0.1, 0.15) is 19.8 Å². The standard InChI is InChI=1S/C11H18N4O/c1-2-16-9-4-3-5-15(8-9)11-7-13-6-10(12)14-11/h6-7,9H,2-5,8H2,1H3,(H2,12,14). The molecule has 1 saturated heterocycles. The van der Waals surface area contributed by atoms with E-state index in [4.69, 9.17) is 10.5 Å². The highest BCUT2D eigenvalue weighted by Crippen LogP contribution is 2.19. The predicted molar refractivity (Wildman–Crippen MR) is 63.3 cm³/mol. The van der Waals surface area contributed by atoms with Gasteiger partial charge in [-0.15, -0.1) is 0 Å². The third-order valence-electron chi connectivity index (χ3n) is 2.74. The van der Waals surface area contributed by atoms with Crippen LogP contribution in [0.25, 0.3) is 0 Å². The molecule has 2 heterocycles. The van der Waals surface area contributed by atoms with Crippen LogP contribution >= 0.6 is 0 Å². The van der Waals surface area contributed by atoms with Crippen molar-refractivity contribution < 1.29 is 4.74 Å². The van der Waals surface area contributed by atoms with Crippen LogP contribution in [0.5, 0.6) is 0 Å². The summed E-state index contributed by atoms with van der Waals surface area (Å²) in [5.74, 6) is 1.32. The van der Waals surface area contributed by atoms with Gasteiger partial charge in [-0.05, 0) is 19.8 Å². The third kappa shape index (κ3) is 2.61. The Morgan fingerprint density at radius 1 is 1.56 bits per heavy atom. The van der Waals surface area contributed by atoms with Crippen molar-refractivity contribution in [2.45, 2.75) is 25.9 Å². The topological polar surface area (TPSA) is 64.3 Å². The molecule has 5 nitrogen and oxygen atoms in total. The SMILES string of the molecule is CCOC1CCCN(c2cncc(N)n2)C1. The Morgan fingerprint density at radius 3 is 3.19 bits per heavy atom. The van der Waals surface area contributed by atoms with E-state index in [2.05, 4.69) is 14.9 Å². The van der Waals surface area contributed by atoms with Crippen molar-refractivity contribution in [3.05, 3.63) is 12.4 Å². The van der Waals surface area contributed by atoms with Gasteiger partial charge in [0.2, 0.25) is 0 Å². The van der Waals surface area contributed by atoms with Crippen molar-refractivity contribution in [2.24, 2.45) is 0 Å². The number of nitrogens with zero attached hydrogens (tertiary/aromatic N) is 3. The van der Waals surface area contributed by atoms with E-state index in [0.717, 1.165) is 38.4 Å². The Labute approximate surface area is 95.6 Å². The van der Waals surface area contributed by atoms with Gasteiger partial charge in [-0.1, -0.05) is 0 Å². The summed E-state index contributed by atoms with van der Waals surface area (Å²) in [6, 6.07) is 0. The number of rotatable bonds is 3. The third-order valence-corrected chi connectivity index (χ3v) is 2.74. The van der Waals surface area contributed by atoms with Gasteiger partial charge in [0.05, 0.1) is 18.5 Å². The molecule has 0 aliphatic carbocycles. The molecule has 2 N–H and O–H groups in total. The molecule has 1 aliphatic heterocycles. The molecule has 0 radical (unpaired) electrons. The summed E-state index contributed by atoms with van der Waals surface area (Å²) >= 11 is 0. The quantitative estimate of drug-likeness (QED) is 0.828. The Balaban J connectivity index is 2.03. The molecule has 1 aromatic rings. The van der Waals surface area contributed by atoms with Gasteiger partial charge in [-0.3, -0.25) is 4.98 Å². The summed E-state index contributed by atoms with van der Waals surface area (Å²) in [7, 11) is 0. The van der Waals surface area contributed by atoms with Crippen LogP contribution in [0, 0.1) is 0 Å². The zero-order chi connectivity index (χ0) is 11.4. The van der Waals surface area contributed by atoms with Gasteiger partial charge < -0.3 is 15.4 Å². The fraction of sp³-hybridized carbons (Fsp3) is 0.636. The number of hydrogen-bond donors (Lipinski definition) is 1. The van der Waals surface area contributed by atoms with Crippen molar-refractivity contribution >= 4 is 11.6 Å². The summed E-state index contributed by atoms with van der Waals surface area (Å²) in [6.45, 7) is 4.67. The molecule has 88 valence electrons. The highest BCUT2D eigenvalue weighted by Gasteiger charge is 2.21. The largest absolute Gasteiger partial charge is 0.382 e. The van der Waals surface area contributed by atoms with E-state index in [1.165, 1.54) is 0 Å². The molecule has 1 fully saturated rings. The Hall–Kier alpha value is -1.36. The van der Waals surface area contributed by atoms with Gasteiger partial charge in [0.25, 0.3) is 0 Å². The van der Waals surface area contributed by atoms with E-state index >= 15 is 0 Å². The normalized spacial score (nSPS) is 21.1. The molecule has 0 aromatic carbocycles. The van der Waals surface area contributed by atoms with Crippen LogP contribution < -0.4 is 10.6 Å². The van der Waals surface area contributed by atoms with Crippen LogP contribution in [-0.4, -0.2) is 35.8 Å². The van der Waals surface area contributed by atoms with E-state index in [-0.39, 0.29) is 0 Å². The van der Waals surface area contributed by atoms with Crippen molar-refractivity contribution in [2.75, 3.05) is 30.3 Å². The minimum Gasteiger partial charge on any atom is -0.382 e. The monoisotopic (exact) mass is 222 g/mol. The van der Waals surface area contributed by atoms with Gasteiger partial charge in [-0.25, -0.2) is 4.98 Å². The Kier molecular flexibility index (Phi) is 3.56. The second-order valence-electron chi connectivity index (χ2n) is 3.97. The molecule has 0 spiro atoms. The summed E-state index contributed by atoms with van der Waals surface area (Å²) < 4.78 is 5.64. The van der Waals surface area contributed by atoms with Crippen LogP contribution in [0.4, 0.5) is 11.6 Å². The van der Waals surface area contributed by atoms with Crippen LogP contribution in [0.15, 0.2) is 12.4 Å². The van der Waals surface area contributed by atoms with Gasteiger partial charge in [0, 0.05) is 19.7 Å². The Morgan fingerprint density at radius 2 is 2.44 bits per heavy atom. The lowest BCUT2D eigenvalue weighted by atomic mass is 10.1. The number of nitrogen functional groups attached to an aromatic ring is 1. The lowest BCUT2D eigenvalue weighted by Gasteiger charge is -2.33. The van der Waals surface area contributed by atoms with E-state index in [1.807, 2.05) is 6.92 Å². The summed E-state index contributed by atoms with van der Waals surface area (Å²) in [5, 5.41) is 0. The average Bonchev–Trinajstić information content (AvgIpc) is 2.30. The van der Waals surface area contributed by atoms with Gasteiger partial charge in [-0.2, -0.15) is 0 Å². The van der Waals surface area contributed by atoms with Crippen LogP contribution in [0.2, 0.25) is 0 Å². The molecule has 1 atom stereocenters. The second kappa shape index (κ2) is 5.12. The molecule has 16 heavy (non-hydrogen) atoms. The van der Waals surface area contributed by atoms with Gasteiger partial charge >= 0.3 is 0 Å². The van der Waals surface area contributed by atoms with E-state index in [1.54, 1.807) is 12.4 Å². The lowest BCUT2D eigenvalue weighted by molar-refractivity contribution is 0.0525. The minimum atomic E-state index is 0.307. The van der Waals surface area contributed by atoms with Gasteiger partial charge in [0.15, 0.2) is 0 Å². The van der Waals surface area contributed by atoms with Crippen LogP contribution in [-0.2, 0) is 4.74 Å². The van der Waals surface area contributed by atoms with E-state index < -0.39 is 0 Å². The first-order valence-electron chi connectivity index (χ1n) is 5.73. The molecule has 0 bridgehead atoms. The molecule has 1 aromatic heterocycles. The molecule has 0 saturated carbocycles. The number of aromatic nitrogens is 2. The molecular formula is C11H18N4O. The second-order valence-corrected chi connectivity index (χ2v) is 3.97. The first kappa shape index (κ1) is 11.1. The maximum absolute atomic E-state index is 5.64. The first-order chi connectivity index (χ1) is 7.79. The van der Waals surface area contributed by atoms with Crippen molar-refractivity contribution in [3.63, 3.8) is 0 Å². The number of nitrogens with two attached hydrogens (primary N) is 1. The zero-order valence-corrected chi connectivity index (χ0v) is 9.59. The van der Waals surface area contributed by atoms with E-state index in [0.29, 0.717) is 11.9 Å². The van der Waals surface area contributed by atoms with Crippen molar-refractivity contribution in [3.8, 4) is 0 Å². The summed E-state index contributed by atoms with van der Waals surface area (Å²) in [6.07, 6.45) is 5.88. The molecule has 1 unspecified atom stereocenters. The fourth-order valence-electron chi connectivity index (χ4n) is 2.04. The van der Waals surface area contributed by atoms with Crippen molar-refractivity contribution in [1.82, 2.24) is 9.97 Å².